The molecule has 1 fully saturated rings. The van der Waals surface area contributed by atoms with Crippen molar-refractivity contribution >= 4 is 34.0 Å². The molecule has 2 aromatic carbocycles. The Kier molecular flexibility index (Phi) is 6.16. The highest BCUT2D eigenvalue weighted by atomic mass is 35.5. The molecule has 1 aromatic heterocycles. The van der Waals surface area contributed by atoms with E-state index < -0.39 is 0 Å². The van der Waals surface area contributed by atoms with E-state index in [0.29, 0.717) is 11.1 Å². The van der Waals surface area contributed by atoms with Crippen molar-refractivity contribution < 1.29 is 0 Å². The Bertz CT molecular complexity index is 1570. The first-order valence-electron chi connectivity index (χ1n) is 12.6. The van der Waals surface area contributed by atoms with Crippen LogP contribution in [0.4, 0.5) is 11.4 Å². The highest BCUT2D eigenvalue weighted by molar-refractivity contribution is 6.30. The predicted molar refractivity (Wildman–Crippen MR) is 147 cm³/mol. The van der Waals surface area contributed by atoms with E-state index >= 15 is 0 Å². The molecule has 6 rings (SSSR count). The van der Waals surface area contributed by atoms with E-state index in [-0.39, 0.29) is 0 Å². The maximum Gasteiger partial charge on any atom is 0.0900 e. The molecule has 0 unspecified atom stereocenters. The molecule has 0 spiro atoms. The summed E-state index contributed by atoms with van der Waals surface area (Å²) in [6.07, 6.45) is 7.91. The number of benzene rings is 3. The van der Waals surface area contributed by atoms with Crippen molar-refractivity contribution in [2.24, 2.45) is 4.99 Å². The number of aromatic nitrogens is 3. The van der Waals surface area contributed by atoms with Gasteiger partial charge >= 0.3 is 0 Å². The van der Waals surface area contributed by atoms with Crippen LogP contribution in [-0.4, -0.2) is 20.6 Å². The molecule has 36 heavy (non-hydrogen) atoms. The zero-order valence-corrected chi connectivity index (χ0v) is 21.0. The second-order valence-corrected chi connectivity index (χ2v) is 9.94. The number of fused-ring (bicyclic) bond motifs is 2. The topological polar surface area (TPSA) is 55.1 Å². The van der Waals surface area contributed by atoms with Crippen molar-refractivity contribution in [3.63, 3.8) is 0 Å². The lowest BCUT2D eigenvalue weighted by molar-refractivity contribution is 0.437. The van der Waals surface area contributed by atoms with Crippen molar-refractivity contribution in [3.8, 4) is 17.1 Å². The monoisotopic (exact) mass is 493 g/mol. The van der Waals surface area contributed by atoms with Crippen LogP contribution in [0.5, 0.6) is 0 Å². The standard InChI is InChI=1S/C30H28ClN5/c1-20-14-15-23(19-32-20)34-26-17-28-30(18-27(26)33-22-9-3-2-4-10-22)36(24-11-7-8-21(31)16-24)29-13-6-5-12-25(29)35-28/h5-8,11-19,22,34H,2-4,9-10H2,1H3. The number of anilines is 2. The van der Waals surface area contributed by atoms with Crippen LogP contribution >= 0.6 is 11.6 Å². The number of hydrogen-bond acceptors (Lipinski definition) is 4. The number of aryl methyl sites for hydroxylation is 1. The van der Waals surface area contributed by atoms with Gasteiger partial charge in [-0.25, -0.2) is 4.98 Å². The summed E-state index contributed by atoms with van der Waals surface area (Å²) in [5, 5.41) is 5.22. The number of pyridine rings is 1. The van der Waals surface area contributed by atoms with Crippen LogP contribution in [0.15, 0.2) is 84.0 Å². The molecule has 6 heteroatoms. The predicted octanol–water partition coefficient (Wildman–Crippen LogP) is 7.46. The lowest BCUT2D eigenvalue weighted by Crippen LogP contribution is -2.19. The van der Waals surface area contributed by atoms with Gasteiger partial charge in [0, 0.05) is 16.4 Å². The van der Waals surface area contributed by atoms with E-state index in [9.17, 15) is 0 Å². The van der Waals surface area contributed by atoms with Gasteiger partial charge in [-0.3, -0.25) is 9.98 Å². The number of nitrogens with one attached hydrogen (secondary N) is 1. The Labute approximate surface area is 215 Å². The molecule has 5 nitrogen and oxygen atoms in total. The van der Waals surface area contributed by atoms with Crippen LogP contribution in [0.2, 0.25) is 5.02 Å². The minimum absolute atomic E-state index is 0.334. The molecule has 0 amide bonds. The first-order chi connectivity index (χ1) is 17.6. The molecule has 180 valence electrons. The third kappa shape index (κ3) is 4.59. The van der Waals surface area contributed by atoms with Crippen LogP contribution in [0.3, 0.4) is 0 Å². The SMILES string of the molecule is Cc1ccc(Nc2cc3nc4ccccc4n(-c4cccc(Cl)c4)c-3cc2=NC2CCCCC2)cn1. The second kappa shape index (κ2) is 9.75. The Morgan fingerprint density at radius 1 is 0.944 bits per heavy atom. The normalized spacial score (nSPS) is 15.0. The lowest BCUT2D eigenvalue weighted by Gasteiger charge is -2.21. The summed E-state index contributed by atoms with van der Waals surface area (Å²) in [6.45, 7) is 1.99. The highest BCUT2D eigenvalue weighted by Crippen LogP contribution is 2.31. The molecule has 1 N–H and O–H groups in total. The Morgan fingerprint density at radius 3 is 2.61 bits per heavy atom. The summed E-state index contributed by atoms with van der Waals surface area (Å²) in [5.74, 6) is 0. The fourth-order valence-electron chi connectivity index (χ4n) is 5.05. The van der Waals surface area contributed by atoms with Gasteiger partial charge in [-0.05, 0) is 74.4 Å². The highest BCUT2D eigenvalue weighted by Gasteiger charge is 2.18. The summed E-state index contributed by atoms with van der Waals surface area (Å²) in [7, 11) is 0. The molecule has 1 saturated carbocycles. The van der Waals surface area contributed by atoms with Crippen LogP contribution in [-0.2, 0) is 0 Å². The molecule has 0 bridgehead atoms. The van der Waals surface area contributed by atoms with Crippen molar-refractivity contribution in [1.82, 2.24) is 14.5 Å². The fraction of sp³-hybridized carbons (Fsp3) is 0.233. The number of para-hydroxylation sites is 2. The second-order valence-electron chi connectivity index (χ2n) is 9.51. The zero-order valence-electron chi connectivity index (χ0n) is 20.3. The van der Waals surface area contributed by atoms with E-state index in [0.717, 1.165) is 63.4 Å². The van der Waals surface area contributed by atoms with Gasteiger partial charge < -0.3 is 9.88 Å². The average molecular weight is 494 g/mol. The van der Waals surface area contributed by atoms with E-state index in [1.165, 1.54) is 19.3 Å². The van der Waals surface area contributed by atoms with Crippen molar-refractivity contribution in [1.29, 1.82) is 0 Å². The largest absolute Gasteiger partial charge is 0.352 e. The smallest absolute Gasteiger partial charge is 0.0900 e. The zero-order chi connectivity index (χ0) is 24.5. The molecule has 0 radical (unpaired) electrons. The number of rotatable bonds is 4. The molecule has 2 aliphatic carbocycles. The van der Waals surface area contributed by atoms with Gasteiger partial charge in [0.1, 0.15) is 0 Å². The third-order valence-electron chi connectivity index (χ3n) is 6.85. The lowest BCUT2D eigenvalue weighted by atomic mass is 9.96. The van der Waals surface area contributed by atoms with Gasteiger partial charge in [-0.15, -0.1) is 0 Å². The van der Waals surface area contributed by atoms with Gasteiger partial charge in [0.25, 0.3) is 0 Å². The molecule has 3 aliphatic rings. The van der Waals surface area contributed by atoms with Crippen LogP contribution in [0.1, 0.15) is 37.8 Å². The fourth-order valence-corrected chi connectivity index (χ4v) is 5.23. The van der Waals surface area contributed by atoms with Crippen molar-refractivity contribution in [2.45, 2.75) is 45.1 Å². The molecule has 1 aliphatic heterocycles. The molecular weight excluding hydrogens is 466 g/mol. The Hall–Kier alpha value is -3.70. The maximum atomic E-state index is 6.42. The molecule has 0 atom stereocenters. The van der Waals surface area contributed by atoms with Gasteiger partial charge in [-0.1, -0.05) is 49.1 Å². The maximum absolute atomic E-state index is 6.42. The van der Waals surface area contributed by atoms with Crippen molar-refractivity contribution in [3.05, 3.63) is 95.1 Å². The summed E-state index contributed by atoms with van der Waals surface area (Å²) >= 11 is 6.42. The van der Waals surface area contributed by atoms with Crippen molar-refractivity contribution in [2.75, 3.05) is 5.32 Å². The van der Waals surface area contributed by atoms with E-state index in [4.69, 9.17) is 21.6 Å². The third-order valence-corrected chi connectivity index (χ3v) is 7.09. The molecule has 2 heterocycles. The quantitative estimate of drug-likeness (QED) is 0.264. The van der Waals surface area contributed by atoms with E-state index in [1.807, 2.05) is 55.6 Å². The molecule has 0 saturated heterocycles. The summed E-state index contributed by atoms with van der Waals surface area (Å²) in [4.78, 5) is 14.8. The minimum atomic E-state index is 0.334. The number of hydrogen-bond donors (Lipinski definition) is 1. The van der Waals surface area contributed by atoms with Crippen LogP contribution in [0.25, 0.3) is 28.1 Å². The summed E-state index contributed by atoms with van der Waals surface area (Å²) in [5.41, 5.74) is 7.70. The minimum Gasteiger partial charge on any atom is -0.352 e. The molecular formula is C30H28ClN5. The Morgan fingerprint density at radius 2 is 1.81 bits per heavy atom. The van der Waals surface area contributed by atoms with Crippen LogP contribution < -0.4 is 10.7 Å². The van der Waals surface area contributed by atoms with Gasteiger partial charge in [0.05, 0.1) is 51.4 Å². The molecule has 3 aromatic rings. The number of halogens is 1. The summed E-state index contributed by atoms with van der Waals surface area (Å²) in [6, 6.07) is 24.9. The van der Waals surface area contributed by atoms with Gasteiger partial charge in [-0.2, -0.15) is 0 Å². The Balaban J connectivity index is 1.62. The number of nitrogens with zero attached hydrogens (tertiary/aromatic N) is 4. The van der Waals surface area contributed by atoms with Gasteiger partial charge in [0.15, 0.2) is 0 Å². The van der Waals surface area contributed by atoms with Gasteiger partial charge in [0.2, 0.25) is 0 Å². The summed E-state index contributed by atoms with van der Waals surface area (Å²) < 4.78 is 2.24. The van der Waals surface area contributed by atoms with E-state index in [2.05, 4.69) is 45.2 Å². The van der Waals surface area contributed by atoms with Crippen LogP contribution in [0, 0.1) is 6.92 Å². The first kappa shape index (κ1) is 22.7. The first-order valence-corrected chi connectivity index (χ1v) is 13.0. The average Bonchev–Trinajstić information content (AvgIpc) is 2.90. The van der Waals surface area contributed by atoms with E-state index in [1.54, 1.807) is 0 Å².